The van der Waals surface area contributed by atoms with E-state index in [1.54, 1.807) is 0 Å². The first kappa shape index (κ1) is 24.1. The van der Waals surface area contributed by atoms with Crippen molar-refractivity contribution in [1.29, 1.82) is 0 Å². The number of benzene rings is 3. The van der Waals surface area contributed by atoms with Crippen molar-refractivity contribution in [3.05, 3.63) is 91.0 Å². The Morgan fingerprint density at radius 1 is 0.483 bits per heavy atom. The zero-order valence-corrected chi connectivity index (χ0v) is 20.7. The van der Waals surface area contributed by atoms with Crippen LogP contribution >= 0.6 is 7.26 Å². The van der Waals surface area contributed by atoms with Gasteiger partial charge in [-0.05, 0) is 49.2 Å². The minimum absolute atomic E-state index is 0. The molecule has 29 heavy (non-hydrogen) atoms. The monoisotopic (exact) mass is 516 g/mol. The Kier molecular flexibility index (Phi) is 11.0. The van der Waals surface area contributed by atoms with Crippen LogP contribution in [0, 0.1) is 0 Å². The summed E-state index contributed by atoms with van der Waals surface area (Å²) in [4.78, 5) is 0. The van der Waals surface area contributed by atoms with Gasteiger partial charge in [0.2, 0.25) is 0 Å². The molecule has 0 heterocycles. The largest absolute Gasteiger partial charge is 1.00 e. The van der Waals surface area contributed by atoms with Gasteiger partial charge in [-0.15, -0.1) is 0 Å². The molecule has 0 radical (unpaired) electrons. The smallest absolute Gasteiger partial charge is 0.112 e. The summed E-state index contributed by atoms with van der Waals surface area (Å²) in [7, 11) is -1.61. The molecule has 0 aliphatic heterocycles. The van der Waals surface area contributed by atoms with Crippen LogP contribution in [0.5, 0.6) is 0 Å². The molecular weight excluding hydrogens is 482 g/mol. The van der Waals surface area contributed by atoms with Gasteiger partial charge in [0.1, 0.15) is 23.2 Å². The van der Waals surface area contributed by atoms with Crippen molar-refractivity contribution >= 4 is 23.2 Å². The van der Waals surface area contributed by atoms with Gasteiger partial charge < -0.3 is 24.0 Å². The average Bonchev–Trinajstić information content (AvgIpc) is 2.78. The van der Waals surface area contributed by atoms with Crippen molar-refractivity contribution in [2.75, 3.05) is 6.16 Å². The van der Waals surface area contributed by atoms with Crippen LogP contribution in [0.2, 0.25) is 0 Å². The molecule has 0 fully saturated rings. The minimum atomic E-state index is -1.61. The molecule has 0 nitrogen and oxygen atoms in total. The average molecular weight is 516 g/mol. The van der Waals surface area contributed by atoms with Crippen molar-refractivity contribution in [2.24, 2.45) is 0 Å². The van der Waals surface area contributed by atoms with Crippen molar-refractivity contribution in [3.63, 3.8) is 0 Å². The maximum atomic E-state index is 2.36. The summed E-state index contributed by atoms with van der Waals surface area (Å²) in [5, 5.41) is 4.54. The molecule has 3 rings (SSSR count). The van der Waals surface area contributed by atoms with Crippen LogP contribution in [0.25, 0.3) is 0 Å². The molecule has 154 valence electrons. The second kappa shape index (κ2) is 13.2. The van der Waals surface area contributed by atoms with E-state index in [0.717, 1.165) is 0 Å². The maximum Gasteiger partial charge on any atom is 0.112 e. The Morgan fingerprint density at radius 3 is 1.21 bits per heavy atom. The number of hydrogen-bond acceptors (Lipinski definition) is 0. The van der Waals surface area contributed by atoms with E-state index in [0.29, 0.717) is 0 Å². The predicted octanol–water partition coefficient (Wildman–Crippen LogP) is 3.74. The fourth-order valence-electron chi connectivity index (χ4n) is 4.19. The van der Waals surface area contributed by atoms with E-state index in [2.05, 4.69) is 97.9 Å². The van der Waals surface area contributed by atoms with Crippen molar-refractivity contribution in [2.45, 2.75) is 51.9 Å². The Morgan fingerprint density at radius 2 is 0.828 bits per heavy atom. The molecule has 2 heteroatoms. The van der Waals surface area contributed by atoms with Gasteiger partial charge in [0, 0.05) is 0 Å². The van der Waals surface area contributed by atoms with Crippen molar-refractivity contribution in [1.82, 2.24) is 0 Å². The lowest BCUT2D eigenvalue weighted by Gasteiger charge is -2.27. The van der Waals surface area contributed by atoms with Crippen LogP contribution in [0.15, 0.2) is 91.0 Å². The Bertz CT molecular complexity index is 690. The minimum Gasteiger partial charge on any atom is -1.00 e. The van der Waals surface area contributed by atoms with E-state index >= 15 is 0 Å². The van der Waals surface area contributed by atoms with Gasteiger partial charge in [0.25, 0.3) is 0 Å². The molecule has 0 amide bonds. The number of unbranched alkanes of at least 4 members (excludes halogenated alkanes) is 6. The Labute approximate surface area is 195 Å². The van der Waals surface area contributed by atoms with E-state index in [9.17, 15) is 0 Å². The summed E-state index contributed by atoms with van der Waals surface area (Å²) in [6, 6.07) is 33.8. The quantitative estimate of drug-likeness (QED) is 0.207. The summed E-state index contributed by atoms with van der Waals surface area (Å²) < 4.78 is 0. The van der Waals surface area contributed by atoms with Gasteiger partial charge in [0.05, 0.1) is 6.16 Å². The van der Waals surface area contributed by atoms with Crippen LogP contribution in [0.3, 0.4) is 0 Å². The van der Waals surface area contributed by atoms with Crippen LogP contribution < -0.4 is 39.9 Å². The van der Waals surface area contributed by atoms with E-state index in [-0.39, 0.29) is 24.0 Å². The standard InChI is InChI=1S/C27H34P.HI/c1-2-3-4-5-6-7-17-24-28(25-18-11-8-12-19-25,26-20-13-9-14-21-26)27-22-15-10-16-23-27;/h8-16,18-23H,2-7,17,24H2,1H3;1H/q+1;/p-1. The second-order valence-electron chi connectivity index (χ2n) is 7.66. The first-order valence-electron chi connectivity index (χ1n) is 10.9. The van der Waals surface area contributed by atoms with Crippen LogP contribution in [0.1, 0.15) is 51.9 Å². The lowest BCUT2D eigenvalue weighted by molar-refractivity contribution is -0.00000565. The molecule has 0 unspecified atom stereocenters. The second-order valence-corrected chi connectivity index (χ2v) is 11.3. The lowest BCUT2D eigenvalue weighted by atomic mass is 10.1. The topological polar surface area (TPSA) is 0 Å². The normalized spacial score (nSPS) is 11.1. The molecule has 0 bridgehead atoms. The first-order valence-corrected chi connectivity index (χ1v) is 12.9. The molecule has 0 aliphatic carbocycles. The molecule has 0 saturated carbocycles. The summed E-state index contributed by atoms with van der Waals surface area (Å²) >= 11 is 0. The Balaban J connectivity index is 0.00000300. The van der Waals surface area contributed by atoms with Crippen molar-refractivity contribution in [3.8, 4) is 0 Å². The Hall–Kier alpha value is -1.18. The fourth-order valence-corrected chi connectivity index (χ4v) is 8.60. The van der Waals surface area contributed by atoms with Gasteiger partial charge in [-0.25, -0.2) is 0 Å². The molecule has 3 aromatic carbocycles. The molecule has 0 N–H and O–H groups in total. The van der Waals surface area contributed by atoms with Crippen molar-refractivity contribution < 1.29 is 24.0 Å². The summed E-state index contributed by atoms with van der Waals surface area (Å²) in [6.07, 6.45) is 10.8. The zero-order chi connectivity index (χ0) is 19.5. The summed E-state index contributed by atoms with van der Waals surface area (Å²) in [5.74, 6) is 0. The third kappa shape index (κ3) is 6.40. The zero-order valence-electron chi connectivity index (χ0n) is 17.6. The van der Waals surface area contributed by atoms with Gasteiger partial charge in [-0.3, -0.25) is 0 Å². The summed E-state index contributed by atoms with van der Waals surface area (Å²) in [5.41, 5.74) is 0. The molecule has 0 spiro atoms. The van der Waals surface area contributed by atoms with E-state index in [1.165, 1.54) is 67.0 Å². The van der Waals surface area contributed by atoms with E-state index < -0.39 is 7.26 Å². The predicted molar refractivity (Wildman–Crippen MR) is 128 cm³/mol. The highest BCUT2D eigenvalue weighted by molar-refractivity contribution is 7.95. The number of rotatable bonds is 11. The molecule has 3 aromatic rings. The van der Waals surface area contributed by atoms with Crippen LogP contribution in [-0.2, 0) is 0 Å². The van der Waals surface area contributed by atoms with Gasteiger partial charge >= 0.3 is 0 Å². The highest BCUT2D eigenvalue weighted by Gasteiger charge is 2.44. The fraction of sp³-hybridized carbons (Fsp3) is 0.333. The molecule has 0 atom stereocenters. The first-order chi connectivity index (χ1) is 13.9. The highest BCUT2D eigenvalue weighted by Crippen LogP contribution is 2.55. The molecule has 0 aliphatic rings. The molecular formula is C27H34IP. The molecule has 0 saturated heterocycles. The third-order valence-electron chi connectivity index (χ3n) is 5.69. The number of halogens is 1. The molecule has 0 aromatic heterocycles. The maximum absolute atomic E-state index is 2.36. The van der Waals surface area contributed by atoms with Crippen LogP contribution in [-0.4, -0.2) is 6.16 Å². The van der Waals surface area contributed by atoms with E-state index in [4.69, 9.17) is 0 Å². The third-order valence-corrected chi connectivity index (χ3v) is 10.2. The summed E-state index contributed by atoms with van der Waals surface area (Å²) in [6.45, 7) is 2.29. The van der Waals surface area contributed by atoms with Gasteiger partial charge in [0.15, 0.2) is 0 Å². The van der Waals surface area contributed by atoms with Gasteiger partial charge in [-0.2, -0.15) is 0 Å². The van der Waals surface area contributed by atoms with E-state index in [1.807, 2.05) is 0 Å². The van der Waals surface area contributed by atoms with Crippen LogP contribution in [0.4, 0.5) is 0 Å². The van der Waals surface area contributed by atoms with Gasteiger partial charge in [-0.1, -0.05) is 93.6 Å². The lowest BCUT2D eigenvalue weighted by Crippen LogP contribution is -3.00. The SMILES string of the molecule is CCCCCCCCC[P+](c1ccccc1)(c1ccccc1)c1ccccc1.[I-]. The number of hydrogen-bond donors (Lipinski definition) is 0. The highest BCUT2D eigenvalue weighted by atomic mass is 127.